The Hall–Kier alpha value is -0.770. The molecule has 4 nitrogen and oxygen atoms in total. The maximum absolute atomic E-state index is 11.9. The molecule has 0 aromatic carbocycles. The van der Waals surface area contributed by atoms with Crippen LogP contribution in [0.5, 0.6) is 0 Å². The summed E-state index contributed by atoms with van der Waals surface area (Å²) in [6.07, 6.45) is 8.17. The molecule has 2 N–H and O–H groups in total. The van der Waals surface area contributed by atoms with Crippen molar-refractivity contribution in [2.75, 3.05) is 13.6 Å². The van der Waals surface area contributed by atoms with Crippen LogP contribution in [0.1, 0.15) is 58.8 Å². The Morgan fingerprint density at radius 2 is 2.00 bits per heavy atom. The Kier molecular flexibility index (Phi) is 7.21. The van der Waals surface area contributed by atoms with Crippen LogP contribution in [-0.4, -0.2) is 41.8 Å². The number of hydrogen-bond donors (Lipinski definition) is 2. The number of rotatable bonds is 6. The Morgan fingerprint density at radius 1 is 1.37 bits per heavy atom. The number of nitrogens with one attached hydrogen (secondary N) is 1. The van der Waals surface area contributed by atoms with E-state index in [1.54, 1.807) is 18.9 Å². The summed E-state index contributed by atoms with van der Waals surface area (Å²) >= 11 is 0. The van der Waals surface area contributed by atoms with Crippen molar-refractivity contribution in [2.45, 2.75) is 70.9 Å². The number of carbonyl (C=O) groups excluding carboxylic acids is 1. The van der Waals surface area contributed by atoms with E-state index in [1.165, 1.54) is 32.1 Å². The summed E-state index contributed by atoms with van der Waals surface area (Å²) in [6, 6.07) is 0.264. The van der Waals surface area contributed by atoms with E-state index in [4.69, 9.17) is 0 Å². The number of nitrogens with zero attached hydrogens (tertiary/aromatic N) is 1. The Labute approximate surface area is 117 Å². The topological polar surface area (TPSA) is 52.6 Å². The smallest absolute Gasteiger partial charge is 0.317 e. The highest BCUT2D eigenvalue weighted by atomic mass is 16.3. The van der Waals surface area contributed by atoms with Crippen LogP contribution in [0.2, 0.25) is 0 Å². The largest absolute Gasteiger partial charge is 0.392 e. The number of likely N-dealkylation sites (N-methyl/N-ethyl adjacent to an activating group) is 1. The lowest BCUT2D eigenvalue weighted by atomic mass is 9.83. The molecule has 1 rings (SSSR count). The predicted octanol–water partition coefficient (Wildman–Crippen LogP) is 2.76. The lowest BCUT2D eigenvalue weighted by molar-refractivity contribution is 0.140. The first kappa shape index (κ1) is 16.3. The van der Waals surface area contributed by atoms with Crippen LogP contribution in [-0.2, 0) is 0 Å². The average molecular weight is 270 g/mol. The van der Waals surface area contributed by atoms with Crippen LogP contribution < -0.4 is 5.32 Å². The van der Waals surface area contributed by atoms with Gasteiger partial charge in [0.15, 0.2) is 0 Å². The van der Waals surface area contributed by atoms with Crippen molar-refractivity contribution in [3.05, 3.63) is 0 Å². The van der Waals surface area contributed by atoms with Gasteiger partial charge < -0.3 is 15.3 Å². The van der Waals surface area contributed by atoms with E-state index in [-0.39, 0.29) is 6.03 Å². The lowest BCUT2D eigenvalue weighted by Gasteiger charge is -2.30. The van der Waals surface area contributed by atoms with Gasteiger partial charge in [0.05, 0.1) is 6.10 Å². The molecular weight excluding hydrogens is 240 g/mol. The zero-order valence-electron chi connectivity index (χ0n) is 12.7. The number of aliphatic hydroxyl groups excluding tert-OH is 1. The number of aliphatic hydroxyl groups is 1. The molecular formula is C15H30N2O2. The molecule has 2 amide bonds. The van der Waals surface area contributed by atoms with Crippen molar-refractivity contribution in [1.29, 1.82) is 0 Å². The van der Waals surface area contributed by atoms with Crippen LogP contribution in [0.3, 0.4) is 0 Å². The van der Waals surface area contributed by atoms with Gasteiger partial charge in [-0.1, -0.05) is 26.2 Å². The summed E-state index contributed by atoms with van der Waals surface area (Å²) < 4.78 is 0. The first-order chi connectivity index (χ1) is 9.02. The monoisotopic (exact) mass is 270 g/mol. The summed E-state index contributed by atoms with van der Waals surface area (Å²) in [5.74, 6) is 0.864. The third kappa shape index (κ3) is 6.28. The van der Waals surface area contributed by atoms with Crippen LogP contribution in [0, 0.1) is 5.92 Å². The van der Waals surface area contributed by atoms with E-state index >= 15 is 0 Å². The zero-order chi connectivity index (χ0) is 14.3. The first-order valence-electron chi connectivity index (χ1n) is 7.72. The van der Waals surface area contributed by atoms with Crippen molar-refractivity contribution in [1.82, 2.24) is 10.2 Å². The SMILES string of the molecule is CCCCC1CCC(NC(=O)N(C)CC(C)O)CC1. The first-order valence-corrected chi connectivity index (χ1v) is 7.72. The quantitative estimate of drug-likeness (QED) is 0.779. The molecule has 1 unspecified atom stereocenters. The molecule has 0 radical (unpaired) electrons. The molecule has 1 atom stereocenters. The fraction of sp³-hybridized carbons (Fsp3) is 0.933. The van der Waals surface area contributed by atoms with Crippen LogP contribution in [0.15, 0.2) is 0 Å². The minimum Gasteiger partial charge on any atom is -0.392 e. The Balaban J connectivity index is 2.23. The third-order valence-corrected chi connectivity index (χ3v) is 4.03. The van der Waals surface area contributed by atoms with Crippen LogP contribution >= 0.6 is 0 Å². The molecule has 0 bridgehead atoms. The highest BCUT2D eigenvalue weighted by Crippen LogP contribution is 2.28. The third-order valence-electron chi connectivity index (χ3n) is 4.03. The van der Waals surface area contributed by atoms with Gasteiger partial charge in [-0.3, -0.25) is 0 Å². The number of amides is 2. The molecule has 0 spiro atoms. The number of carbonyl (C=O) groups is 1. The molecule has 1 aliphatic carbocycles. The van der Waals surface area contributed by atoms with Gasteiger partial charge in [0.25, 0.3) is 0 Å². The van der Waals surface area contributed by atoms with E-state index in [0.717, 1.165) is 18.8 Å². The normalized spacial score (nSPS) is 24.8. The maximum Gasteiger partial charge on any atom is 0.317 e. The predicted molar refractivity (Wildman–Crippen MR) is 78.1 cm³/mol. The number of hydrogen-bond acceptors (Lipinski definition) is 2. The summed E-state index contributed by atoms with van der Waals surface area (Å²) in [6.45, 7) is 4.32. The fourth-order valence-corrected chi connectivity index (χ4v) is 2.85. The summed E-state index contributed by atoms with van der Waals surface area (Å²) in [7, 11) is 1.73. The molecule has 0 heterocycles. The van der Waals surface area contributed by atoms with E-state index in [2.05, 4.69) is 12.2 Å². The van der Waals surface area contributed by atoms with Gasteiger partial charge >= 0.3 is 6.03 Å². The lowest BCUT2D eigenvalue weighted by Crippen LogP contribution is -2.46. The minimum atomic E-state index is -0.472. The van der Waals surface area contributed by atoms with Gasteiger partial charge in [0, 0.05) is 19.6 Å². The molecule has 0 aromatic heterocycles. The van der Waals surface area contributed by atoms with Crippen LogP contribution in [0.4, 0.5) is 4.79 Å². The zero-order valence-corrected chi connectivity index (χ0v) is 12.7. The van der Waals surface area contributed by atoms with Crippen molar-refractivity contribution in [3.63, 3.8) is 0 Å². The Morgan fingerprint density at radius 3 is 2.53 bits per heavy atom. The fourth-order valence-electron chi connectivity index (χ4n) is 2.85. The molecule has 4 heteroatoms. The summed E-state index contributed by atoms with van der Waals surface area (Å²) in [5, 5.41) is 12.3. The number of urea groups is 1. The van der Waals surface area contributed by atoms with E-state index < -0.39 is 6.10 Å². The molecule has 0 aliphatic heterocycles. The Bertz CT molecular complexity index is 261. The van der Waals surface area contributed by atoms with Crippen molar-refractivity contribution in [3.8, 4) is 0 Å². The average Bonchev–Trinajstić information content (AvgIpc) is 2.37. The van der Waals surface area contributed by atoms with Gasteiger partial charge in [0.1, 0.15) is 0 Å². The standard InChI is InChI=1S/C15H30N2O2/c1-4-5-6-13-7-9-14(10-8-13)16-15(19)17(3)11-12(2)18/h12-14,18H,4-11H2,1-3H3,(H,16,19). The van der Waals surface area contributed by atoms with Crippen molar-refractivity contribution in [2.24, 2.45) is 5.92 Å². The van der Waals surface area contributed by atoms with Gasteiger partial charge in [-0.25, -0.2) is 4.79 Å². The van der Waals surface area contributed by atoms with Crippen LogP contribution in [0.25, 0.3) is 0 Å². The second kappa shape index (κ2) is 8.41. The molecule has 1 aliphatic rings. The van der Waals surface area contributed by atoms with Crippen molar-refractivity contribution < 1.29 is 9.90 Å². The van der Waals surface area contributed by atoms with Gasteiger partial charge in [-0.2, -0.15) is 0 Å². The van der Waals surface area contributed by atoms with E-state index in [0.29, 0.717) is 12.6 Å². The van der Waals surface area contributed by atoms with Gasteiger partial charge in [-0.15, -0.1) is 0 Å². The molecule has 112 valence electrons. The van der Waals surface area contributed by atoms with E-state index in [1.807, 2.05) is 0 Å². The molecule has 0 saturated heterocycles. The maximum atomic E-state index is 11.9. The summed E-state index contributed by atoms with van der Waals surface area (Å²) in [5.41, 5.74) is 0. The second-order valence-electron chi connectivity index (χ2n) is 6.04. The number of unbranched alkanes of at least 4 members (excludes halogenated alkanes) is 1. The molecule has 0 aromatic rings. The molecule has 1 saturated carbocycles. The van der Waals surface area contributed by atoms with Gasteiger partial charge in [0.2, 0.25) is 0 Å². The molecule has 1 fully saturated rings. The molecule has 19 heavy (non-hydrogen) atoms. The summed E-state index contributed by atoms with van der Waals surface area (Å²) in [4.78, 5) is 13.5. The van der Waals surface area contributed by atoms with Gasteiger partial charge in [-0.05, 0) is 38.5 Å². The second-order valence-corrected chi connectivity index (χ2v) is 6.04. The minimum absolute atomic E-state index is 0.0575. The van der Waals surface area contributed by atoms with E-state index in [9.17, 15) is 9.90 Å². The highest BCUT2D eigenvalue weighted by molar-refractivity contribution is 5.74. The van der Waals surface area contributed by atoms with Crippen molar-refractivity contribution >= 4 is 6.03 Å². The highest BCUT2D eigenvalue weighted by Gasteiger charge is 2.23.